The van der Waals surface area contributed by atoms with E-state index in [9.17, 15) is 9.59 Å². The van der Waals surface area contributed by atoms with Crippen LogP contribution in [0.25, 0.3) is 11.4 Å². The number of amides is 2. The first kappa shape index (κ1) is 20.6. The third kappa shape index (κ3) is 4.91. The number of fused-ring (bicyclic) bond motifs is 1. The number of hydrogen-bond acceptors (Lipinski definition) is 5. The SMILES string of the molecule is COc1cccc(C(=O)NCC(=O)Nc2ccc(-c3nnc4n3CCCCC4)cc2)c1. The Morgan fingerprint density at radius 1 is 1.06 bits per heavy atom. The summed E-state index contributed by atoms with van der Waals surface area (Å²) in [6, 6.07) is 14.3. The van der Waals surface area contributed by atoms with E-state index in [4.69, 9.17) is 4.74 Å². The van der Waals surface area contributed by atoms with Crippen LogP contribution in [0.3, 0.4) is 0 Å². The lowest BCUT2D eigenvalue weighted by molar-refractivity contribution is -0.115. The zero-order chi connectivity index (χ0) is 21.6. The number of carbonyl (C=O) groups excluding carboxylic acids is 2. The quantitative estimate of drug-likeness (QED) is 0.640. The molecule has 2 N–H and O–H groups in total. The molecule has 2 heterocycles. The van der Waals surface area contributed by atoms with Gasteiger partial charge in [-0.1, -0.05) is 12.5 Å². The number of carbonyl (C=O) groups is 2. The second-order valence-corrected chi connectivity index (χ2v) is 7.44. The maximum absolute atomic E-state index is 12.2. The molecular formula is C23H25N5O3. The van der Waals surface area contributed by atoms with Crippen molar-refractivity contribution < 1.29 is 14.3 Å². The molecule has 0 spiro atoms. The lowest BCUT2D eigenvalue weighted by atomic mass is 10.2. The Morgan fingerprint density at radius 3 is 2.71 bits per heavy atom. The van der Waals surface area contributed by atoms with E-state index in [1.807, 2.05) is 24.3 Å². The van der Waals surface area contributed by atoms with Crippen LogP contribution in [0.4, 0.5) is 5.69 Å². The summed E-state index contributed by atoms with van der Waals surface area (Å²) < 4.78 is 7.30. The zero-order valence-electron chi connectivity index (χ0n) is 17.4. The molecule has 0 bridgehead atoms. The average Bonchev–Trinajstić information content (AvgIpc) is 3.06. The molecule has 160 valence electrons. The Hall–Kier alpha value is -3.68. The van der Waals surface area contributed by atoms with Gasteiger partial charge in [-0.2, -0.15) is 0 Å². The standard InChI is InChI=1S/C23H25N5O3/c1-31-19-7-5-6-17(14-19)23(30)24-15-21(29)25-18-11-9-16(10-12-18)22-27-26-20-8-3-2-4-13-28(20)22/h5-7,9-12,14H,2-4,8,13,15H2,1H3,(H,24,30)(H,25,29). The van der Waals surface area contributed by atoms with Gasteiger partial charge in [-0.25, -0.2) is 0 Å². The van der Waals surface area contributed by atoms with E-state index in [1.165, 1.54) is 13.5 Å². The summed E-state index contributed by atoms with van der Waals surface area (Å²) in [6.45, 7) is 0.804. The number of aryl methyl sites for hydroxylation is 1. The van der Waals surface area contributed by atoms with Crippen LogP contribution in [-0.2, 0) is 17.8 Å². The number of nitrogens with one attached hydrogen (secondary N) is 2. The molecule has 0 aliphatic carbocycles. The minimum absolute atomic E-state index is 0.129. The Morgan fingerprint density at radius 2 is 1.90 bits per heavy atom. The highest BCUT2D eigenvalue weighted by atomic mass is 16.5. The van der Waals surface area contributed by atoms with Crippen molar-refractivity contribution in [2.45, 2.75) is 32.2 Å². The van der Waals surface area contributed by atoms with Gasteiger partial charge in [-0.05, 0) is 55.3 Å². The number of hydrogen-bond donors (Lipinski definition) is 2. The monoisotopic (exact) mass is 419 g/mol. The van der Waals surface area contributed by atoms with Crippen LogP contribution in [0, 0.1) is 0 Å². The highest BCUT2D eigenvalue weighted by molar-refractivity contribution is 5.99. The molecule has 0 radical (unpaired) electrons. The number of methoxy groups -OCH3 is 1. The third-order valence-corrected chi connectivity index (χ3v) is 5.28. The summed E-state index contributed by atoms with van der Waals surface area (Å²) in [4.78, 5) is 24.5. The van der Waals surface area contributed by atoms with E-state index in [-0.39, 0.29) is 18.4 Å². The Kier molecular flexibility index (Phi) is 6.26. The van der Waals surface area contributed by atoms with Crippen molar-refractivity contribution in [3.8, 4) is 17.1 Å². The van der Waals surface area contributed by atoms with Gasteiger partial charge in [0, 0.05) is 29.8 Å². The smallest absolute Gasteiger partial charge is 0.251 e. The van der Waals surface area contributed by atoms with Gasteiger partial charge >= 0.3 is 0 Å². The highest BCUT2D eigenvalue weighted by Gasteiger charge is 2.16. The fraction of sp³-hybridized carbons (Fsp3) is 0.304. The number of anilines is 1. The zero-order valence-corrected chi connectivity index (χ0v) is 17.4. The summed E-state index contributed by atoms with van der Waals surface area (Å²) in [5.41, 5.74) is 2.05. The molecule has 0 unspecified atom stereocenters. The second-order valence-electron chi connectivity index (χ2n) is 7.44. The van der Waals surface area contributed by atoms with E-state index in [1.54, 1.807) is 24.3 Å². The van der Waals surface area contributed by atoms with Gasteiger partial charge in [-0.15, -0.1) is 10.2 Å². The van der Waals surface area contributed by atoms with E-state index < -0.39 is 0 Å². The molecule has 31 heavy (non-hydrogen) atoms. The molecule has 3 aromatic rings. The van der Waals surface area contributed by atoms with E-state index >= 15 is 0 Å². The molecule has 4 rings (SSSR count). The van der Waals surface area contributed by atoms with E-state index in [0.717, 1.165) is 43.0 Å². The van der Waals surface area contributed by atoms with Crippen LogP contribution in [0.1, 0.15) is 35.4 Å². The summed E-state index contributed by atoms with van der Waals surface area (Å²) in [7, 11) is 1.54. The molecule has 1 aromatic heterocycles. The van der Waals surface area contributed by atoms with Gasteiger partial charge in [0.25, 0.3) is 5.91 Å². The summed E-state index contributed by atoms with van der Waals surface area (Å²) >= 11 is 0. The molecule has 2 aromatic carbocycles. The van der Waals surface area contributed by atoms with Crippen molar-refractivity contribution in [3.63, 3.8) is 0 Å². The molecule has 2 amide bonds. The van der Waals surface area contributed by atoms with Crippen LogP contribution in [-0.4, -0.2) is 40.2 Å². The number of ether oxygens (including phenoxy) is 1. The van der Waals surface area contributed by atoms with Gasteiger partial charge in [0.1, 0.15) is 11.6 Å². The summed E-state index contributed by atoms with van der Waals surface area (Å²) in [6.07, 6.45) is 4.45. The molecule has 1 aliphatic heterocycles. The van der Waals surface area contributed by atoms with Crippen LogP contribution in [0.2, 0.25) is 0 Å². The highest BCUT2D eigenvalue weighted by Crippen LogP contribution is 2.24. The number of rotatable bonds is 6. The molecule has 0 atom stereocenters. The Labute approximate surface area is 180 Å². The van der Waals surface area contributed by atoms with Crippen LogP contribution < -0.4 is 15.4 Å². The molecule has 0 saturated heterocycles. The van der Waals surface area contributed by atoms with Gasteiger partial charge in [0.2, 0.25) is 5.91 Å². The van der Waals surface area contributed by atoms with Crippen molar-refractivity contribution in [2.75, 3.05) is 19.0 Å². The van der Waals surface area contributed by atoms with Crippen molar-refractivity contribution in [1.29, 1.82) is 0 Å². The predicted octanol–water partition coefficient (Wildman–Crippen LogP) is 3.05. The number of nitrogens with zero attached hydrogens (tertiary/aromatic N) is 3. The topological polar surface area (TPSA) is 98.1 Å². The van der Waals surface area contributed by atoms with Crippen molar-refractivity contribution in [1.82, 2.24) is 20.1 Å². The van der Waals surface area contributed by atoms with Crippen LogP contribution >= 0.6 is 0 Å². The van der Waals surface area contributed by atoms with Gasteiger partial charge in [0.15, 0.2) is 5.82 Å². The predicted molar refractivity (Wildman–Crippen MR) is 117 cm³/mol. The molecule has 1 aliphatic rings. The average molecular weight is 419 g/mol. The minimum atomic E-state index is -0.336. The minimum Gasteiger partial charge on any atom is -0.497 e. The Balaban J connectivity index is 1.34. The maximum Gasteiger partial charge on any atom is 0.251 e. The lowest BCUT2D eigenvalue weighted by Crippen LogP contribution is -2.32. The second kappa shape index (κ2) is 9.42. The summed E-state index contributed by atoms with van der Waals surface area (Å²) in [5, 5.41) is 14.1. The molecular weight excluding hydrogens is 394 g/mol. The molecule has 0 fully saturated rings. The van der Waals surface area contributed by atoms with Crippen LogP contribution in [0.5, 0.6) is 5.75 Å². The van der Waals surface area contributed by atoms with Crippen molar-refractivity contribution in [3.05, 3.63) is 59.9 Å². The molecule has 8 nitrogen and oxygen atoms in total. The fourth-order valence-electron chi connectivity index (χ4n) is 3.63. The van der Waals surface area contributed by atoms with Gasteiger partial charge in [-0.3, -0.25) is 9.59 Å². The number of benzene rings is 2. The lowest BCUT2D eigenvalue weighted by Gasteiger charge is -2.09. The van der Waals surface area contributed by atoms with Gasteiger partial charge < -0.3 is 19.9 Å². The molecule has 8 heteroatoms. The fourth-order valence-corrected chi connectivity index (χ4v) is 3.63. The first-order chi connectivity index (χ1) is 15.1. The van der Waals surface area contributed by atoms with E-state index in [0.29, 0.717) is 17.0 Å². The normalized spacial score (nSPS) is 13.1. The van der Waals surface area contributed by atoms with Crippen LogP contribution in [0.15, 0.2) is 48.5 Å². The first-order valence-corrected chi connectivity index (χ1v) is 10.4. The molecule has 0 saturated carbocycles. The van der Waals surface area contributed by atoms with E-state index in [2.05, 4.69) is 25.4 Å². The maximum atomic E-state index is 12.2. The first-order valence-electron chi connectivity index (χ1n) is 10.4. The van der Waals surface area contributed by atoms with Gasteiger partial charge in [0.05, 0.1) is 13.7 Å². The summed E-state index contributed by atoms with van der Waals surface area (Å²) in [5.74, 6) is 1.84. The van der Waals surface area contributed by atoms with Crippen molar-refractivity contribution in [2.24, 2.45) is 0 Å². The number of aromatic nitrogens is 3. The Bertz CT molecular complexity index is 1080. The van der Waals surface area contributed by atoms with Crippen molar-refractivity contribution >= 4 is 17.5 Å². The third-order valence-electron chi connectivity index (χ3n) is 5.28. The largest absolute Gasteiger partial charge is 0.497 e.